The largest absolute Gasteiger partial charge is 0.481 e. The van der Waals surface area contributed by atoms with Gasteiger partial charge in [-0.1, -0.05) is 6.07 Å². The number of rotatable bonds is 4. The van der Waals surface area contributed by atoms with Gasteiger partial charge in [-0.25, -0.2) is 4.39 Å². The molecule has 2 rings (SSSR count). The van der Waals surface area contributed by atoms with Gasteiger partial charge in [0.05, 0.1) is 5.92 Å². The highest BCUT2D eigenvalue weighted by Gasteiger charge is 2.43. The highest BCUT2D eigenvalue weighted by atomic mass is 19.1. The Morgan fingerprint density at radius 3 is 2.94 bits per heavy atom. The number of anilines is 1. The number of carboxylic acid groups (broad SMARTS) is 1. The third kappa shape index (κ3) is 2.32. The van der Waals surface area contributed by atoms with Crippen LogP contribution in [0.2, 0.25) is 0 Å². The van der Waals surface area contributed by atoms with Crippen molar-refractivity contribution in [2.75, 3.05) is 18.5 Å². The predicted molar refractivity (Wildman–Crippen MR) is 58.9 cm³/mol. The molecule has 16 heavy (non-hydrogen) atoms. The fourth-order valence-corrected chi connectivity index (χ4v) is 1.92. The normalized spacial score (nSPS) is 22.9. The van der Waals surface area contributed by atoms with Crippen molar-refractivity contribution in [2.45, 2.75) is 6.42 Å². The molecule has 1 saturated carbocycles. The van der Waals surface area contributed by atoms with Crippen molar-refractivity contribution in [1.29, 1.82) is 0 Å². The lowest BCUT2D eigenvalue weighted by atomic mass is 10.2. The van der Waals surface area contributed by atoms with E-state index >= 15 is 0 Å². The van der Waals surface area contributed by atoms with Crippen molar-refractivity contribution >= 4 is 11.7 Å². The minimum Gasteiger partial charge on any atom is -0.481 e. The molecule has 0 aliphatic heterocycles. The molecule has 0 amide bonds. The first-order valence-corrected chi connectivity index (χ1v) is 5.27. The maximum Gasteiger partial charge on any atom is 0.306 e. The number of benzene rings is 1. The Morgan fingerprint density at radius 1 is 1.62 bits per heavy atom. The van der Waals surface area contributed by atoms with Gasteiger partial charge in [-0.3, -0.25) is 4.79 Å². The van der Waals surface area contributed by atoms with Crippen LogP contribution in [0.4, 0.5) is 10.1 Å². The predicted octanol–water partition coefficient (Wildman–Crippen LogP) is 1.98. The summed E-state index contributed by atoms with van der Waals surface area (Å²) in [6, 6.07) is 6.33. The first-order valence-electron chi connectivity index (χ1n) is 5.27. The summed E-state index contributed by atoms with van der Waals surface area (Å²) in [5.41, 5.74) is 0.788. The van der Waals surface area contributed by atoms with Gasteiger partial charge in [0.2, 0.25) is 0 Å². The molecule has 4 heteroatoms. The summed E-state index contributed by atoms with van der Waals surface area (Å²) in [6.45, 7) is 0.667. The fraction of sp³-hybridized carbons (Fsp3) is 0.417. The van der Waals surface area contributed by atoms with E-state index in [2.05, 4.69) is 0 Å². The molecule has 1 aliphatic carbocycles. The molecule has 2 atom stereocenters. The lowest BCUT2D eigenvalue weighted by molar-refractivity contribution is -0.138. The van der Waals surface area contributed by atoms with Crippen LogP contribution in [0.25, 0.3) is 0 Å². The molecule has 0 bridgehead atoms. The van der Waals surface area contributed by atoms with Gasteiger partial charge in [0.1, 0.15) is 5.82 Å². The van der Waals surface area contributed by atoms with E-state index in [9.17, 15) is 9.18 Å². The van der Waals surface area contributed by atoms with Crippen LogP contribution in [-0.2, 0) is 4.79 Å². The molecule has 1 aliphatic rings. The molecule has 0 aromatic heterocycles. The number of hydrogen-bond acceptors (Lipinski definition) is 2. The summed E-state index contributed by atoms with van der Waals surface area (Å²) in [6.07, 6.45) is 0.731. The maximum absolute atomic E-state index is 13.0. The van der Waals surface area contributed by atoms with Crippen molar-refractivity contribution in [3.63, 3.8) is 0 Å². The number of carboxylic acids is 1. The average molecular weight is 223 g/mol. The van der Waals surface area contributed by atoms with Gasteiger partial charge in [-0.15, -0.1) is 0 Å². The van der Waals surface area contributed by atoms with Crippen LogP contribution in [0.3, 0.4) is 0 Å². The SMILES string of the molecule is CN(CC1CC1C(=O)O)c1cccc(F)c1. The quantitative estimate of drug-likeness (QED) is 0.848. The maximum atomic E-state index is 13.0. The Morgan fingerprint density at radius 2 is 2.38 bits per heavy atom. The van der Waals surface area contributed by atoms with Gasteiger partial charge in [0.25, 0.3) is 0 Å². The molecule has 0 saturated heterocycles. The third-order valence-electron chi connectivity index (χ3n) is 3.00. The van der Waals surface area contributed by atoms with E-state index in [1.54, 1.807) is 6.07 Å². The monoisotopic (exact) mass is 223 g/mol. The topological polar surface area (TPSA) is 40.5 Å². The Labute approximate surface area is 93.5 Å². The highest BCUT2D eigenvalue weighted by molar-refractivity contribution is 5.73. The lowest BCUT2D eigenvalue weighted by Crippen LogP contribution is -2.21. The van der Waals surface area contributed by atoms with Crippen LogP contribution in [0.1, 0.15) is 6.42 Å². The Kier molecular flexibility index (Phi) is 2.81. The van der Waals surface area contributed by atoms with Gasteiger partial charge in [-0.05, 0) is 30.5 Å². The van der Waals surface area contributed by atoms with Crippen LogP contribution < -0.4 is 4.90 Å². The number of nitrogens with zero attached hydrogens (tertiary/aromatic N) is 1. The molecule has 1 N–H and O–H groups in total. The lowest BCUT2D eigenvalue weighted by Gasteiger charge is -2.19. The van der Waals surface area contributed by atoms with E-state index in [0.717, 1.165) is 12.1 Å². The van der Waals surface area contributed by atoms with Gasteiger partial charge in [0.15, 0.2) is 0 Å². The molecule has 1 fully saturated rings. The van der Waals surface area contributed by atoms with Crippen LogP contribution in [0.15, 0.2) is 24.3 Å². The Balaban J connectivity index is 1.94. The summed E-state index contributed by atoms with van der Waals surface area (Å²) in [5.74, 6) is -1.01. The molecular weight excluding hydrogens is 209 g/mol. The fourth-order valence-electron chi connectivity index (χ4n) is 1.92. The van der Waals surface area contributed by atoms with E-state index in [0.29, 0.717) is 6.54 Å². The number of hydrogen-bond donors (Lipinski definition) is 1. The molecular formula is C12H14FNO2. The Hall–Kier alpha value is -1.58. The zero-order chi connectivity index (χ0) is 11.7. The zero-order valence-electron chi connectivity index (χ0n) is 9.06. The second-order valence-electron chi connectivity index (χ2n) is 4.30. The Bertz CT molecular complexity index is 408. The molecule has 1 aromatic rings. The van der Waals surface area contributed by atoms with E-state index < -0.39 is 5.97 Å². The van der Waals surface area contributed by atoms with Gasteiger partial charge in [0, 0.05) is 19.3 Å². The first kappa shape index (κ1) is 10.9. The van der Waals surface area contributed by atoms with Gasteiger partial charge >= 0.3 is 5.97 Å². The summed E-state index contributed by atoms with van der Waals surface area (Å²) in [4.78, 5) is 12.6. The van der Waals surface area contributed by atoms with Gasteiger partial charge < -0.3 is 10.0 Å². The van der Waals surface area contributed by atoms with Crippen LogP contribution in [0, 0.1) is 17.7 Å². The standard InChI is InChI=1S/C12H14FNO2/c1-14(7-8-5-11(8)12(15)16)10-4-2-3-9(13)6-10/h2-4,6,8,11H,5,7H2,1H3,(H,15,16). The smallest absolute Gasteiger partial charge is 0.306 e. The summed E-state index contributed by atoms with van der Waals surface area (Å²) >= 11 is 0. The van der Waals surface area contributed by atoms with E-state index in [-0.39, 0.29) is 17.7 Å². The summed E-state index contributed by atoms with van der Waals surface area (Å²) in [7, 11) is 1.85. The van der Waals surface area contributed by atoms with E-state index in [1.165, 1.54) is 12.1 Å². The number of halogens is 1. The number of carbonyl (C=O) groups is 1. The van der Waals surface area contributed by atoms with Crippen molar-refractivity contribution in [3.05, 3.63) is 30.1 Å². The van der Waals surface area contributed by atoms with Crippen molar-refractivity contribution in [1.82, 2.24) is 0 Å². The summed E-state index contributed by atoms with van der Waals surface area (Å²) < 4.78 is 13.0. The van der Waals surface area contributed by atoms with Crippen LogP contribution in [-0.4, -0.2) is 24.7 Å². The van der Waals surface area contributed by atoms with Crippen molar-refractivity contribution in [3.8, 4) is 0 Å². The van der Waals surface area contributed by atoms with Crippen LogP contribution in [0.5, 0.6) is 0 Å². The highest BCUT2D eigenvalue weighted by Crippen LogP contribution is 2.39. The minimum absolute atomic E-state index is 0.200. The number of aliphatic carboxylic acids is 1. The first-order chi connectivity index (χ1) is 7.58. The van der Waals surface area contributed by atoms with E-state index in [1.807, 2.05) is 18.0 Å². The van der Waals surface area contributed by atoms with Crippen LogP contribution >= 0.6 is 0 Å². The second kappa shape index (κ2) is 4.12. The van der Waals surface area contributed by atoms with E-state index in [4.69, 9.17) is 5.11 Å². The van der Waals surface area contributed by atoms with Crippen molar-refractivity contribution < 1.29 is 14.3 Å². The third-order valence-corrected chi connectivity index (χ3v) is 3.00. The minimum atomic E-state index is -0.724. The molecule has 2 unspecified atom stereocenters. The molecule has 0 spiro atoms. The molecule has 1 aromatic carbocycles. The average Bonchev–Trinajstić information content (AvgIpc) is 2.97. The summed E-state index contributed by atoms with van der Waals surface area (Å²) in [5, 5.41) is 8.77. The second-order valence-corrected chi connectivity index (χ2v) is 4.30. The molecule has 3 nitrogen and oxygen atoms in total. The van der Waals surface area contributed by atoms with Crippen molar-refractivity contribution in [2.24, 2.45) is 11.8 Å². The molecule has 0 radical (unpaired) electrons. The molecule has 0 heterocycles. The zero-order valence-corrected chi connectivity index (χ0v) is 9.06. The van der Waals surface area contributed by atoms with Gasteiger partial charge in [-0.2, -0.15) is 0 Å². The molecule has 86 valence electrons.